The zero-order valence-electron chi connectivity index (χ0n) is 15.8. The number of rotatable bonds is 4. The molecule has 2 unspecified atom stereocenters. The summed E-state index contributed by atoms with van der Waals surface area (Å²) in [7, 11) is 0. The Hall–Kier alpha value is -2.01. The van der Waals surface area contributed by atoms with Gasteiger partial charge in [-0.1, -0.05) is 19.9 Å². The molecule has 1 fully saturated rings. The van der Waals surface area contributed by atoms with Crippen LogP contribution in [0.3, 0.4) is 0 Å². The lowest BCUT2D eigenvalue weighted by atomic mass is 10.1. The van der Waals surface area contributed by atoms with E-state index in [9.17, 15) is 0 Å². The maximum atomic E-state index is 6.17. The third kappa shape index (κ3) is 3.82. The predicted molar refractivity (Wildman–Crippen MR) is 99.9 cm³/mol. The van der Waals surface area contributed by atoms with Crippen molar-refractivity contribution in [2.45, 2.75) is 64.7 Å². The highest BCUT2D eigenvalue weighted by Crippen LogP contribution is 2.35. The van der Waals surface area contributed by atoms with Crippen molar-refractivity contribution in [2.75, 3.05) is 12.3 Å². The second-order valence-corrected chi connectivity index (χ2v) is 8.09. The van der Waals surface area contributed by atoms with Crippen LogP contribution in [0.2, 0.25) is 0 Å². The summed E-state index contributed by atoms with van der Waals surface area (Å²) in [6, 6.07) is 6.04. The molecular formula is C20H29N3O2. The summed E-state index contributed by atoms with van der Waals surface area (Å²) in [5.41, 5.74) is 8.38. The highest BCUT2D eigenvalue weighted by molar-refractivity contribution is 5.38. The highest BCUT2D eigenvalue weighted by atomic mass is 16.6. The van der Waals surface area contributed by atoms with Crippen LogP contribution in [0.1, 0.15) is 64.2 Å². The van der Waals surface area contributed by atoms with Gasteiger partial charge in [0, 0.05) is 35.5 Å². The van der Waals surface area contributed by atoms with E-state index in [0.717, 1.165) is 29.2 Å². The Bertz CT molecular complexity index is 731. The van der Waals surface area contributed by atoms with Gasteiger partial charge in [0.05, 0.1) is 12.7 Å². The maximum Gasteiger partial charge on any atom is 0.217 e. The third-order valence-corrected chi connectivity index (χ3v) is 4.63. The first-order chi connectivity index (χ1) is 11.8. The summed E-state index contributed by atoms with van der Waals surface area (Å²) in [4.78, 5) is 4.41. The summed E-state index contributed by atoms with van der Waals surface area (Å²) in [5.74, 6) is 1.86. The Morgan fingerprint density at radius 1 is 1.36 bits per heavy atom. The lowest BCUT2D eigenvalue weighted by Gasteiger charge is -2.22. The molecule has 136 valence electrons. The maximum absolute atomic E-state index is 6.17. The van der Waals surface area contributed by atoms with Crippen LogP contribution < -0.4 is 10.5 Å². The van der Waals surface area contributed by atoms with Crippen LogP contribution in [-0.2, 0) is 10.3 Å². The molecule has 3 heterocycles. The van der Waals surface area contributed by atoms with Crippen LogP contribution >= 0.6 is 0 Å². The van der Waals surface area contributed by atoms with Crippen molar-refractivity contribution in [1.29, 1.82) is 0 Å². The fraction of sp³-hybridized carbons (Fsp3) is 0.550. The molecule has 1 aliphatic heterocycles. The molecule has 5 nitrogen and oxygen atoms in total. The van der Waals surface area contributed by atoms with Crippen LogP contribution in [0.25, 0.3) is 0 Å². The first kappa shape index (κ1) is 17.8. The van der Waals surface area contributed by atoms with Crippen molar-refractivity contribution in [3.8, 4) is 5.88 Å². The van der Waals surface area contributed by atoms with E-state index in [0.29, 0.717) is 12.5 Å². The van der Waals surface area contributed by atoms with Gasteiger partial charge in [-0.15, -0.1) is 0 Å². The molecule has 1 saturated heterocycles. The van der Waals surface area contributed by atoms with Gasteiger partial charge in [0.1, 0.15) is 11.9 Å². The van der Waals surface area contributed by atoms with E-state index in [1.54, 1.807) is 6.20 Å². The summed E-state index contributed by atoms with van der Waals surface area (Å²) in [5, 5.41) is 0. The molecule has 2 N–H and O–H groups in total. The number of nitrogen functional groups attached to an aromatic ring is 1. The van der Waals surface area contributed by atoms with Crippen LogP contribution in [0.5, 0.6) is 5.88 Å². The first-order valence-corrected chi connectivity index (χ1v) is 8.97. The lowest BCUT2D eigenvalue weighted by molar-refractivity contribution is 0.0929. The molecule has 0 radical (unpaired) electrons. The normalized spacial score (nSPS) is 21.0. The van der Waals surface area contributed by atoms with Crippen LogP contribution in [0, 0.1) is 0 Å². The van der Waals surface area contributed by atoms with Gasteiger partial charge >= 0.3 is 0 Å². The summed E-state index contributed by atoms with van der Waals surface area (Å²) >= 11 is 0. The molecule has 2 atom stereocenters. The van der Waals surface area contributed by atoms with E-state index >= 15 is 0 Å². The zero-order valence-corrected chi connectivity index (χ0v) is 15.8. The third-order valence-electron chi connectivity index (χ3n) is 4.63. The fourth-order valence-electron chi connectivity index (χ4n) is 3.27. The van der Waals surface area contributed by atoms with Crippen molar-refractivity contribution in [3.63, 3.8) is 0 Å². The van der Waals surface area contributed by atoms with E-state index in [4.69, 9.17) is 15.2 Å². The summed E-state index contributed by atoms with van der Waals surface area (Å²) < 4.78 is 14.2. The fourth-order valence-corrected chi connectivity index (χ4v) is 3.27. The Morgan fingerprint density at radius 3 is 2.76 bits per heavy atom. The molecule has 2 aromatic heterocycles. The van der Waals surface area contributed by atoms with E-state index in [-0.39, 0.29) is 17.7 Å². The van der Waals surface area contributed by atoms with Crippen molar-refractivity contribution in [2.24, 2.45) is 0 Å². The number of hydrogen-bond donors (Lipinski definition) is 1. The summed E-state index contributed by atoms with van der Waals surface area (Å²) in [6.07, 6.45) is 4.71. The van der Waals surface area contributed by atoms with E-state index in [1.807, 2.05) is 12.1 Å². The molecule has 3 rings (SSSR count). The molecule has 0 bridgehead atoms. The van der Waals surface area contributed by atoms with E-state index < -0.39 is 0 Å². The SMILES string of the molecule is CC(C)c1cccnc1OC1COC(c2cc(N)n(C(C)(C)C)c2)C1. The largest absolute Gasteiger partial charge is 0.472 e. The minimum absolute atomic E-state index is 0.0108. The minimum Gasteiger partial charge on any atom is -0.472 e. The molecule has 0 spiro atoms. The topological polar surface area (TPSA) is 62.3 Å². The minimum atomic E-state index is -0.0447. The number of ether oxygens (including phenoxy) is 2. The lowest BCUT2D eigenvalue weighted by Crippen LogP contribution is -2.22. The van der Waals surface area contributed by atoms with Gasteiger partial charge in [0.2, 0.25) is 5.88 Å². The molecule has 0 saturated carbocycles. The number of aromatic nitrogens is 2. The molecule has 0 amide bonds. The zero-order chi connectivity index (χ0) is 18.2. The number of nitrogens with zero attached hydrogens (tertiary/aromatic N) is 2. The Kier molecular flexibility index (Phi) is 4.78. The average Bonchev–Trinajstić information content (AvgIpc) is 3.13. The van der Waals surface area contributed by atoms with Crippen molar-refractivity contribution in [3.05, 3.63) is 41.7 Å². The quantitative estimate of drug-likeness (QED) is 0.901. The second kappa shape index (κ2) is 6.71. The van der Waals surface area contributed by atoms with Gasteiger partial charge in [0.15, 0.2) is 0 Å². The van der Waals surface area contributed by atoms with Crippen molar-refractivity contribution in [1.82, 2.24) is 9.55 Å². The molecule has 5 heteroatoms. The van der Waals surface area contributed by atoms with Gasteiger partial charge in [-0.05, 0) is 38.8 Å². The van der Waals surface area contributed by atoms with Crippen LogP contribution in [-0.4, -0.2) is 22.3 Å². The first-order valence-electron chi connectivity index (χ1n) is 8.97. The second-order valence-electron chi connectivity index (χ2n) is 8.09. The Morgan fingerprint density at radius 2 is 2.12 bits per heavy atom. The Balaban J connectivity index is 1.71. The van der Waals surface area contributed by atoms with Crippen molar-refractivity contribution >= 4 is 5.82 Å². The Labute approximate surface area is 150 Å². The number of pyridine rings is 1. The van der Waals surface area contributed by atoms with E-state index in [1.165, 1.54) is 0 Å². The van der Waals surface area contributed by atoms with Gasteiger partial charge in [-0.2, -0.15) is 0 Å². The van der Waals surface area contributed by atoms with Crippen LogP contribution in [0.15, 0.2) is 30.6 Å². The molecular weight excluding hydrogens is 314 g/mol. The predicted octanol–water partition coefficient (Wildman–Crippen LogP) is 4.25. The van der Waals surface area contributed by atoms with Crippen LogP contribution in [0.4, 0.5) is 5.82 Å². The molecule has 1 aliphatic rings. The summed E-state index contributed by atoms with van der Waals surface area (Å²) in [6.45, 7) is 11.3. The van der Waals surface area contributed by atoms with Gasteiger partial charge in [-0.25, -0.2) is 4.98 Å². The number of hydrogen-bond acceptors (Lipinski definition) is 4. The number of nitrogens with two attached hydrogens (primary N) is 1. The average molecular weight is 343 g/mol. The van der Waals surface area contributed by atoms with Gasteiger partial charge in [0.25, 0.3) is 0 Å². The monoisotopic (exact) mass is 343 g/mol. The smallest absolute Gasteiger partial charge is 0.217 e. The van der Waals surface area contributed by atoms with E-state index in [2.05, 4.69) is 56.4 Å². The van der Waals surface area contributed by atoms with Gasteiger partial charge in [-0.3, -0.25) is 0 Å². The molecule has 0 aliphatic carbocycles. The highest BCUT2D eigenvalue weighted by Gasteiger charge is 2.31. The van der Waals surface area contributed by atoms with Gasteiger partial charge < -0.3 is 19.8 Å². The van der Waals surface area contributed by atoms with Crippen molar-refractivity contribution < 1.29 is 9.47 Å². The molecule has 2 aromatic rings. The molecule has 25 heavy (non-hydrogen) atoms. The standard InChI is InChI=1S/C20H29N3O2/c1-13(2)16-7-6-8-22-19(16)25-15-10-17(24-12-15)14-9-18(21)23(11-14)20(3,4)5/h6-9,11,13,15,17H,10,12,21H2,1-5H3. The number of anilines is 1. The molecule has 0 aromatic carbocycles.